The molecular weight excluding hydrogens is 348 g/mol. The van der Waals surface area contributed by atoms with Crippen molar-refractivity contribution in [3.8, 4) is 5.75 Å². The van der Waals surface area contributed by atoms with Crippen LogP contribution >= 0.6 is 11.6 Å². The Hall–Kier alpha value is -2.00. The van der Waals surface area contributed by atoms with Crippen molar-refractivity contribution in [2.45, 2.75) is 53.4 Å². The molecule has 1 aromatic carbocycles. The highest BCUT2D eigenvalue weighted by Crippen LogP contribution is 2.31. The van der Waals surface area contributed by atoms with E-state index in [-0.39, 0.29) is 5.63 Å². The molecule has 0 unspecified atom stereocenters. The van der Waals surface area contributed by atoms with Gasteiger partial charge in [0.05, 0.1) is 5.02 Å². The van der Waals surface area contributed by atoms with Crippen molar-refractivity contribution in [3.63, 3.8) is 0 Å². The van der Waals surface area contributed by atoms with Crippen LogP contribution in [0.2, 0.25) is 5.02 Å². The van der Waals surface area contributed by atoms with E-state index >= 15 is 0 Å². The van der Waals surface area contributed by atoms with Crippen molar-refractivity contribution in [2.24, 2.45) is 0 Å². The van der Waals surface area contributed by atoms with Crippen LogP contribution in [0.25, 0.3) is 11.0 Å². The third-order valence-electron chi connectivity index (χ3n) is 4.16. The van der Waals surface area contributed by atoms with Gasteiger partial charge in [0.2, 0.25) is 0 Å². The summed E-state index contributed by atoms with van der Waals surface area (Å²) in [5, 5.41) is 1.40. The van der Waals surface area contributed by atoms with Gasteiger partial charge in [-0.05, 0) is 57.7 Å². The van der Waals surface area contributed by atoms with Gasteiger partial charge >= 0.3 is 5.63 Å². The third kappa shape index (κ3) is 5.77. The zero-order valence-electron chi connectivity index (χ0n) is 16.0. The monoisotopic (exact) mass is 374 g/mol. The molecule has 0 N–H and O–H groups in total. The largest absolute Gasteiger partial charge is 0.488 e. The molecule has 0 spiro atoms. The molecule has 0 fully saturated rings. The summed E-state index contributed by atoms with van der Waals surface area (Å²) in [6.45, 7) is 8.82. The molecule has 2 aromatic rings. The lowest BCUT2D eigenvalue weighted by Crippen LogP contribution is -2.02. The van der Waals surface area contributed by atoms with Gasteiger partial charge in [0.15, 0.2) is 0 Å². The van der Waals surface area contributed by atoms with E-state index in [4.69, 9.17) is 20.8 Å². The van der Waals surface area contributed by atoms with Crippen LogP contribution in [0.4, 0.5) is 0 Å². The first-order valence-corrected chi connectivity index (χ1v) is 9.46. The Morgan fingerprint density at radius 1 is 1.19 bits per heavy atom. The van der Waals surface area contributed by atoms with E-state index in [1.807, 2.05) is 6.07 Å². The fourth-order valence-corrected chi connectivity index (χ4v) is 3.00. The molecule has 2 rings (SSSR count). The van der Waals surface area contributed by atoms with Crippen LogP contribution in [0.3, 0.4) is 0 Å². The summed E-state index contributed by atoms with van der Waals surface area (Å²) >= 11 is 6.38. The molecule has 0 saturated carbocycles. The van der Waals surface area contributed by atoms with Gasteiger partial charge in [0, 0.05) is 17.5 Å². The molecule has 3 nitrogen and oxygen atoms in total. The quantitative estimate of drug-likeness (QED) is 0.392. The smallest absolute Gasteiger partial charge is 0.336 e. The van der Waals surface area contributed by atoms with Crippen molar-refractivity contribution < 1.29 is 9.15 Å². The molecule has 0 radical (unpaired) electrons. The number of rotatable bonds is 8. The number of hydrogen-bond donors (Lipinski definition) is 0. The third-order valence-corrected chi connectivity index (χ3v) is 4.46. The zero-order chi connectivity index (χ0) is 19.1. The molecule has 0 saturated heterocycles. The number of aryl methyl sites for hydroxylation is 1. The van der Waals surface area contributed by atoms with Crippen LogP contribution in [0.5, 0.6) is 5.75 Å². The molecule has 26 heavy (non-hydrogen) atoms. The van der Waals surface area contributed by atoms with Gasteiger partial charge in [-0.1, -0.05) is 42.2 Å². The maximum Gasteiger partial charge on any atom is 0.336 e. The summed E-state index contributed by atoms with van der Waals surface area (Å²) in [4.78, 5) is 11.8. The van der Waals surface area contributed by atoms with Crippen LogP contribution in [-0.2, 0) is 6.42 Å². The summed E-state index contributed by atoms with van der Waals surface area (Å²) < 4.78 is 11.1. The van der Waals surface area contributed by atoms with Crippen molar-refractivity contribution >= 4 is 22.6 Å². The lowest BCUT2D eigenvalue weighted by atomic mass is 10.1. The first-order valence-electron chi connectivity index (χ1n) is 9.08. The Balaban J connectivity index is 2.14. The van der Waals surface area contributed by atoms with Gasteiger partial charge in [-0.3, -0.25) is 0 Å². The summed E-state index contributed by atoms with van der Waals surface area (Å²) in [5.74, 6) is 0.532. The minimum Gasteiger partial charge on any atom is -0.488 e. The molecule has 0 aliphatic carbocycles. The SMILES string of the molecule is CCCc1cc(=O)oc2cc(OC/C=C(/C)CCC=C(C)C)c(Cl)cc12. The first-order chi connectivity index (χ1) is 12.4. The van der Waals surface area contributed by atoms with Crippen LogP contribution < -0.4 is 10.4 Å². The van der Waals surface area contributed by atoms with Gasteiger partial charge in [-0.2, -0.15) is 0 Å². The number of halogens is 1. The second-order valence-electron chi connectivity index (χ2n) is 6.80. The van der Waals surface area contributed by atoms with Crippen molar-refractivity contribution in [1.29, 1.82) is 0 Å². The Morgan fingerprint density at radius 2 is 1.96 bits per heavy atom. The predicted molar refractivity (Wildman–Crippen MR) is 109 cm³/mol. The molecular formula is C22H27ClO3. The van der Waals surface area contributed by atoms with Gasteiger partial charge in [0.25, 0.3) is 0 Å². The van der Waals surface area contributed by atoms with E-state index in [2.05, 4.69) is 39.8 Å². The summed E-state index contributed by atoms with van der Waals surface area (Å²) in [6, 6.07) is 5.08. The molecule has 0 aliphatic heterocycles. The van der Waals surface area contributed by atoms with E-state index in [9.17, 15) is 4.79 Å². The van der Waals surface area contributed by atoms with Crippen molar-refractivity contribution in [3.05, 3.63) is 62.5 Å². The van der Waals surface area contributed by atoms with Crippen LogP contribution in [0, 0.1) is 0 Å². The fraction of sp³-hybridized carbons (Fsp3) is 0.409. The normalized spacial score (nSPS) is 11.7. The second-order valence-corrected chi connectivity index (χ2v) is 7.21. The maximum absolute atomic E-state index is 11.8. The topological polar surface area (TPSA) is 39.4 Å². The van der Waals surface area contributed by atoms with E-state index in [0.717, 1.165) is 36.6 Å². The molecule has 140 valence electrons. The van der Waals surface area contributed by atoms with Gasteiger partial charge in [0.1, 0.15) is 17.9 Å². The standard InChI is InChI=1S/C22H27ClO3/c1-5-7-17-12-22(24)26-20-14-21(19(23)13-18(17)20)25-11-10-16(4)9-6-8-15(2)3/h8,10,12-14H,5-7,9,11H2,1-4H3/b16-10-. The zero-order valence-corrected chi connectivity index (χ0v) is 16.8. The molecule has 0 aliphatic rings. The Labute approximate surface area is 160 Å². The highest BCUT2D eigenvalue weighted by atomic mass is 35.5. The van der Waals surface area contributed by atoms with Crippen LogP contribution in [-0.4, -0.2) is 6.61 Å². The molecule has 0 bridgehead atoms. The maximum atomic E-state index is 11.8. The number of fused-ring (bicyclic) bond motifs is 1. The van der Waals surface area contributed by atoms with E-state index in [1.165, 1.54) is 11.1 Å². The van der Waals surface area contributed by atoms with E-state index in [1.54, 1.807) is 12.1 Å². The average molecular weight is 375 g/mol. The fourth-order valence-electron chi connectivity index (χ4n) is 2.78. The predicted octanol–water partition coefficient (Wildman–Crippen LogP) is 6.47. The van der Waals surface area contributed by atoms with Crippen LogP contribution in [0.1, 0.15) is 52.5 Å². The molecule has 1 heterocycles. The Morgan fingerprint density at radius 3 is 2.65 bits per heavy atom. The number of ether oxygens (including phenoxy) is 1. The lowest BCUT2D eigenvalue weighted by Gasteiger charge is -2.10. The summed E-state index contributed by atoms with van der Waals surface area (Å²) in [7, 11) is 0. The highest BCUT2D eigenvalue weighted by molar-refractivity contribution is 6.32. The van der Waals surface area contributed by atoms with Gasteiger partial charge in [-0.25, -0.2) is 4.79 Å². The second kappa shape index (κ2) is 9.63. The molecule has 0 amide bonds. The number of benzene rings is 1. The summed E-state index contributed by atoms with van der Waals surface area (Å²) in [6.07, 6.45) is 8.09. The minimum absolute atomic E-state index is 0.343. The van der Waals surface area contributed by atoms with Crippen molar-refractivity contribution in [1.82, 2.24) is 0 Å². The van der Waals surface area contributed by atoms with Crippen LogP contribution in [0.15, 0.2) is 50.7 Å². The Bertz CT molecular complexity index is 871. The van der Waals surface area contributed by atoms with E-state index < -0.39 is 0 Å². The number of allylic oxidation sites excluding steroid dienone is 3. The lowest BCUT2D eigenvalue weighted by molar-refractivity contribution is 0.361. The minimum atomic E-state index is -0.343. The Kier molecular flexibility index (Phi) is 7.52. The molecule has 0 atom stereocenters. The molecule has 4 heteroatoms. The van der Waals surface area contributed by atoms with Gasteiger partial charge in [-0.15, -0.1) is 0 Å². The molecule has 1 aromatic heterocycles. The highest BCUT2D eigenvalue weighted by Gasteiger charge is 2.10. The number of hydrogen-bond acceptors (Lipinski definition) is 3. The summed E-state index contributed by atoms with van der Waals surface area (Å²) in [5.41, 5.74) is 3.74. The average Bonchev–Trinajstić information content (AvgIpc) is 2.56. The van der Waals surface area contributed by atoms with Crippen molar-refractivity contribution in [2.75, 3.05) is 6.61 Å². The van der Waals surface area contributed by atoms with E-state index in [0.29, 0.717) is 23.0 Å². The first kappa shape index (κ1) is 20.3. The van der Waals surface area contributed by atoms with Gasteiger partial charge < -0.3 is 9.15 Å².